The Morgan fingerprint density at radius 1 is 0.769 bits per heavy atom. The molecule has 0 atom stereocenters. The first-order valence-corrected chi connectivity index (χ1v) is 25.6. The summed E-state index contributed by atoms with van der Waals surface area (Å²) in [5, 5.41) is 12.7. The fourth-order valence-electron chi connectivity index (χ4n) is 8.74. The van der Waals surface area contributed by atoms with Gasteiger partial charge in [0.2, 0.25) is 0 Å². The smallest absolute Gasteiger partial charge is 0 e. The van der Waals surface area contributed by atoms with Gasteiger partial charge in [-0.3, -0.25) is 4.79 Å². The van der Waals surface area contributed by atoms with E-state index in [0.29, 0.717) is 35.5 Å². The van der Waals surface area contributed by atoms with E-state index >= 15 is 0 Å². The molecule has 0 unspecified atom stereocenters. The van der Waals surface area contributed by atoms with Crippen molar-refractivity contribution in [2.45, 2.75) is 107 Å². The number of nitrogens with zero attached hydrogens (tertiary/aromatic N) is 2. The predicted molar refractivity (Wildman–Crippen MR) is 221 cm³/mol. The number of rotatable bonds is 11. The van der Waals surface area contributed by atoms with Crippen molar-refractivity contribution < 1.29 is 30.0 Å². The van der Waals surface area contributed by atoms with Crippen molar-refractivity contribution in [3.63, 3.8) is 0 Å². The summed E-state index contributed by atoms with van der Waals surface area (Å²) in [7, 11) is 0. The summed E-state index contributed by atoms with van der Waals surface area (Å²) in [6.07, 6.45) is 4.36. The molecule has 1 aliphatic heterocycles. The fourth-order valence-corrected chi connectivity index (χ4v) is 16.5. The molecule has 283 valence electrons. The van der Waals surface area contributed by atoms with Gasteiger partial charge in [0.05, 0.1) is 5.76 Å². The van der Waals surface area contributed by atoms with E-state index in [4.69, 9.17) is 9.97 Å². The molecule has 0 saturated heterocycles. The van der Waals surface area contributed by atoms with E-state index in [9.17, 15) is 9.90 Å². The van der Waals surface area contributed by atoms with Crippen LogP contribution in [0.5, 0.6) is 0 Å². The van der Waals surface area contributed by atoms with Crippen molar-refractivity contribution in [2.75, 3.05) is 0 Å². The summed E-state index contributed by atoms with van der Waals surface area (Å²) in [6, 6.07) is 21.5. The summed E-state index contributed by atoms with van der Waals surface area (Å²) in [5.74, 6) is 7.74. The minimum absolute atomic E-state index is 0. The van der Waals surface area contributed by atoms with Crippen LogP contribution < -0.4 is 8.79 Å². The molecule has 0 fully saturated rings. The number of allylic oxidation sites excluding steroid dienone is 2. The molecule has 0 bridgehead atoms. The van der Waals surface area contributed by atoms with E-state index in [1.54, 1.807) is 10.7 Å². The minimum atomic E-state index is -2.61. The molecule has 1 radical (unpaired) electrons. The van der Waals surface area contributed by atoms with Gasteiger partial charge in [-0.25, -0.2) is 0 Å². The molecule has 0 aliphatic carbocycles. The second-order valence-corrected chi connectivity index (χ2v) is 26.3. The van der Waals surface area contributed by atoms with Gasteiger partial charge >= 0.3 is 195 Å². The topological polar surface area (TPSA) is 63.1 Å². The van der Waals surface area contributed by atoms with E-state index < -0.39 is 13.3 Å². The van der Waals surface area contributed by atoms with E-state index in [1.165, 1.54) is 37.9 Å². The number of aliphatic hydroxyl groups is 1. The van der Waals surface area contributed by atoms with Crippen LogP contribution >= 0.6 is 0 Å². The second kappa shape index (κ2) is 18.2. The van der Waals surface area contributed by atoms with Crippen LogP contribution in [0.1, 0.15) is 100 Å². The fraction of sp³-hybridized carbons (Fsp3) is 0.500. The van der Waals surface area contributed by atoms with E-state index in [0.717, 1.165) is 23.4 Å². The molecule has 4 aromatic rings. The quantitative estimate of drug-likeness (QED) is 0.0704. The molecule has 0 spiro atoms. The molecular weight excluding hydrogens is 877 g/mol. The predicted octanol–water partition coefficient (Wildman–Crippen LogP) is 11.1. The van der Waals surface area contributed by atoms with Gasteiger partial charge in [0.15, 0.2) is 5.78 Å². The molecule has 1 N–H and O–H groups in total. The van der Waals surface area contributed by atoms with Gasteiger partial charge in [0.1, 0.15) is 0 Å². The van der Waals surface area contributed by atoms with E-state index in [-0.39, 0.29) is 43.5 Å². The third kappa shape index (κ3) is 9.36. The van der Waals surface area contributed by atoms with Crippen LogP contribution in [-0.2, 0) is 31.3 Å². The van der Waals surface area contributed by atoms with Crippen molar-refractivity contribution in [3.05, 3.63) is 83.9 Å². The number of hydrogen-bond acceptors (Lipinski definition) is 4. The molecule has 2 heterocycles. The van der Waals surface area contributed by atoms with Crippen LogP contribution in [0.2, 0.25) is 11.5 Å². The molecule has 1 aliphatic rings. The number of aromatic nitrogens is 2. The van der Waals surface area contributed by atoms with Crippen molar-refractivity contribution >= 4 is 38.6 Å². The molecule has 4 nitrogen and oxygen atoms in total. The van der Waals surface area contributed by atoms with Crippen molar-refractivity contribution in [1.82, 2.24) is 9.97 Å². The molecule has 52 heavy (non-hydrogen) atoms. The van der Waals surface area contributed by atoms with Crippen LogP contribution in [0.15, 0.2) is 66.7 Å². The van der Waals surface area contributed by atoms with Crippen molar-refractivity contribution in [3.8, 4) is 22.5 Å². The number of carbonyl (C=O) groups excluding carboxylic acids is 1. The molecule has 6 heteroatoms. The zero-order valence-corrected chi connectivity index (χ0v) is 38.7. The third-order valence-electron chi connectivity index (χ3n) is 10.6. The van der Waals surface area contributed by atoms with Gasteiger partial charge in [-0.1, -0.05) is 55.4 Å². The third-order valence-corrected chi connectivity index (χ3v) is 18.1. The van der Waals surface area contributed by atoms with Crippen LogP contribution in [0.25, 0.3) is 33.3 Å². The maximum Gasteiger partial charge on any atom is 0 e. The SMILES string of the molecule is CC(C)C(C(=O)/C=C(\O)C(C(C)C)C(C)C)C(C)C.CC(C)Cc1cccc2[c]1[Ge]([CH3])([CH3])[c]1c(-c3[c-]c4ccccc4c(C(C)C)c3)ncnc1-2.[Ir]. The Kier molecular flexibility index (Phi) is 15.3. The molecular formula is C46H63GeIrN2O2-. The molecule has 5 rings (SSSR count). The number of fused-ring (bicyclic) bond motifs is 4. The number of aliphatic hydroxyl groups excluding tert-OH is 1. The van der Waals surface area contributed by atoms with Gasteiger partial charge in [-0.15, -0.1) is 0 Å². The van der Waals surface area contributed by atoms with Gasteiger partial charge in [-0.2, -0.15) is 0 Å². The number of hydrogen-bond donors (Lipinski definition) is 1. The Hall–Kier alpha value is -2.60. The monoisotopic (exact) mass is 942 g/mol. The van der Waals surface area contributed by atoms with Crippen LogP contribution in [-0.4, -0.2) is 34.1 Å². The first-order chi connectivity index (χ1) is 23.9. The standard InChI is InChI=1S/C29H31GeN2.C17H32O2.Ir/c1-18(2)14-21-11-9-13-24-26(21)30(5,6)27-28(31-17-32-29(24)27)22-15-20-10-7-8-12-23(20)25(16-22)19(3)4;1-10(2)16(11(3)4)14(18)9-15(19)17(12(5)6)13(7)8;/h7-13,16-19H,14H2,1-6H3;9-13,16-18H,1-8H3;/q-1;;/b;14-9-;. The summed E-state index contributed by atoms with van der Waals surface area (Å²) in [5.41, 5.74) is 7.59. The van der Waals surface area contributed by atoms with Gasteiger partial charge < -0.3 is 5.11 Å². The van der Waals surface area contributed by atoms with Crippen LogP contribution in [0, 0.1) is 47.5 Å². The summed E-state index contributed by atoms with van der Waals surface area (Å²) >= 11 is -2.61. The number of ketones is 1. The van der Waals surface area contributed by atoms with Crippen LogP contribution in [0.4, 0.5) is 0 Å². The minimum Gasteiger partial charge on any atom is 0 e. The first-order valence-electron chi connectivity index (χ1n) is 19.3. The van der Waals surface area contributed by atoms with E-state index in [2.05, 4.69) is 149 Å². The maximum atomic E-state index is 12.3. The van der Waals surface area contributed by atoms with Crippen LogP contribution in [0.3, 0.4) is 0 Å². The normalized spacial score (nSPS) is 13.8. The molecule has 0 saturated carbocycles. The number of benzene rings is 3. The maximum absolute atomic E-state index is 12.3. The van der Waals surface area contributed by atoms with Crippen molar-refractivity contribution in [2.24, 2.45) is 41.4 Å². The Balaban J connectivity index is 0.000000317. The van der Waals surface area contributed by atoms with Gasteiger partial charge in [0.25, 0.3) is 0 Å². The van der Waals surface area contributed by atoms with Crippen molar-refractivity contribution in [1.29, 1.82) is 0 Å². The Morgan fingerprint density at radius 2 is 1.35 bits per heavy atom. The second-order valence-electron chi connectivity index (χ2n) is 17.3. The first kappa shape index (κ1) is 43.8. The largest absolute Gasteiger partial charge is 0 e. The Bertz CT molecular complexity index is 1860. The van der Waals surface area contributed by atoms with Gasteiger partial charge in [-0.05, 0) is 23.7 Å². The molecule has 1 aromatic heterocycles. The zero-order valence-electron chi connectivity index (χ0n) is 34.2. The summed E-state index contributed by atoms with van der Waals surface area (Å²) < 4.78 is 3.02. The zero-order chi connectivity index (χ0) is 37.9. The average Bonchev–Trinajstić information content (AvgIpc) is 3.26. The Labute approximate surface area is 331 Å². The molecule has 3 aromatic carbocycles. The molecule has 0 amide bonds. The van der Waals surface area contributed by atoms with E-state index in [1.807, 2.05) is 0 Å². The van der Waals surface area contributed by atoms with Gasteiger partial charge in [0, 0.05) is 38.0 Å². The average molecular weight is 941 g/mol. The summed E-state index contributed by atoms with van der Waals surface area (Å²) in [6.45, 7) is 25.8. The Morgan fingerprint density at radius 3 is 1.90 bits per heavy atom. The summed E-state index contributed by atoms with van der Waals surface area (Å²) in [4.78, 5) is 22.1. The number of carbonyl (C=O) groups is 1.